The summed E-state index contributed by atoms with van der Waals surface area (Å²) in [6.07, 6.45) is 0.553. The summed E-state index contributed by atoms with van der Waals surface area (Å²) in [5.41, 5.74) is 6.71. The second-order valence-corrected chi connectivity index (χ2v) is 8.86. The molecule has 156 valence electrons. The Labute approximate surface area is 191 Å². The molecule has 6 heteroatoms. The Morgan fingerprint density at radius 3 is 2.29 bits per heavy atom. The highest BCUT2D eigenvalue weighted by Crippen LogP contribution is 2.36. The molecule has 1 heterocycles. The number of para-hydroxylation sites is 1. The number of amides is 1. The molecule has 0 atom stereocenters. The van der Waals surface area contributed by atoms with E-state index in [-0.39, 0.29) is 11.7 Å². The van der Waals surface area contributed by atoms with Crippen molar-refractivity contribution < 1.29 is 4.79 Å². The number of aryl methyl sites for hydroxylation is 2. The Morgan fingerprint density at radius 1 is 0.968 bits per heavy atom. The monoisotopic (exact) mass is 447 g/mol. The van der Waals surface area contributed by atoms with Crippen LogP contribution >= 0.6 is 23.4 Å². The fourth-order valence-corrected chi connectivity index (χ4v) is 4.12. The summed E-state index contributed by atoms with van der Waals surface area (Å²) in [5, 5.41) is 4.47. The summed E-state index contributed by atoms with van der Waals surface area (Å²) in [4.78, 5) is 22.2. The Morgan fingerprint density at radius 2 is 1.61 bits per heavy atom. The number of thioether (sulfide) groups is 1. The molecule has 0 unspecified atom stereocenters. The van der Waals surface area contributed by atoms with Gasteiger partial charge in [-0.05, 0) is 66.9 Å². The maximum Gasteiger partial charge on any atom is 0.234 e. The lowest BCUT2D eigenvalue weighted by Gasteiger charge is -2.08. The Balaban J connectivity index is 1.60. The van der Waals surface area contributed by atoms with E-state index in [0.29, 0.717) is 11.4 Å². The molecule has 0 aliphatic carbocycles. The van der Waals surface area contributed by atoms with Gasteiger partial charge in [0.25, 0.3) is 0 Å². The number of benzene rings is 3. The molecule has 0 radical (unpaired) electrons. The number of anilines is 1. The molecule has 4 rings (SSSR count). The third-order valence-corrected chi connectivity index (χ3v) is 6.24. The molecule has 1 aliphatic rings. The van der Waals surface area contributed by atoms with Crippen LogP contribution < -0.4 is 5.32 Å². The van der Waals surface area contributed by atoms with E-state index in [1.54, 1.807) is 0 Å². The van der Waals surface area contributed by atoms with Crippen molar-refractivity contribution in [3.8, 4) is 0 Å². The third kappa shape index (κ3) is 5.43. The molecule has 3 aromatic rings. The van der Waals surface area contributed by atoms with Crippen molar-refractivity contribution in [2.45, 2.75) is 20.3 Å². The molecule has 0 spiro atoms. The van der Waals surface area contributed by atoms with Gasteiger partial charge in [-0.1, -0.05) is 41.9 Å². The molecule has 0 saturated heterocycles. The fraction of sp³-hybridized carbons (Fsp3) is 0.160. The van der Waals surface area contributed by atoms with E-state index in [4.69, 9.17) is 21.6 Å². The summed E-state index contributed by atoms with van der Waals surface area (Å²) >= 11 is 7.51. The largest absolute Gasteiger partial charge is 0.325 e. The first-order valence-electron chi connectivity index (χ1n) is 9.98. The van der Waals surface area contributed by atoms with Gasteiger partial charge in [0.1, 0.15) is 0 Å². The number of nitrogens with zero attached hydrogens (tertiary/aromatic N) is 2. The van der Waals surface area contributed by atoms with Crippen molar-refractivity contribution in [1.82, 2.24) is 0 Å². The van der Waals surface area contributed by atoms with E-state index in [9.17, 15) is 4.79 Å². The van der Waals surface area contributed by atoms with Crippen molar-refractivity contribution in [3.05, 3.63) is 88.4 Å². The zero-order chi connectivity index (χ0) is 21.8. The van der Waals surface area contributed by atoms with Gasteiger partial charge in [0.05, 0.1) is 27.9 Å². The van der Waals surface area contributed by atoms with Gasteiger partial charge in [0.2, 0.25) is 5.91 Å². The third-order valence-electron chi connectivity index (χ3n) is 5.01. The SMILES string of the molecule is Cc1cc2c(cc1C)N=C(c1ccc(Cl)cc1)CC(SCC(=O)Nc1ccccc1)=N2. The Hall–Kier alpha value is -2.89. The lowest BCUT2D eigenvalue weighted by molar-refractivity contribution is -0.113. The number of hydrogen-bond donors (Lipinski definition) is 1. The molecule has 1 N–H and O–H groups in total. The summed E-state index contributed by atoms with van der Waals surface area (Å²) in [6.45, 7) is 4.14. The van der Waals surface area contributed by atoms with Crippen molar-refractivity contribution in [3.63, 3.8) is 0 Å². The highest BCUT2D eigenvalue weighted by Gasteiger charge is 2.17. The Kier molecular flexibility index (Phi) is 6.54. The average molecular weight is 448 g/mol. The van der Waals surface area contributed by atoms with Gasteiger partial charge in [-0.25, -0.2) is 4.99 Å². The van der Waals surface area contributed by atoms with Gasteiger partial charge in [-0.3, -0.25) is 9.79 Å². The maximum atomic E-state index is 12.4. The molecule has 0 saturated carbocycles. The molecule has 31 heavy (non-hydrogen) atoms. The maximum absolute atomic E-state index is 12.4. The van der Waals surface area contributed by atoms with Crippen molar-refractivity contribution >= 4 is 57.1 Å². The zero-order valence-electron chi connectivity index (χ0n) is 17.4. The summed E-state index contributed by atoms with van der Waals surface area (Å²) in [6, 6.07) is 21.3. The standard InChI is InChI=1S/C25H22ClN3OS/c1-16-12-22-23(13-17(16)2)29-25(14-21(28-22)18-8-10-19(26)11-9-18)31-15-24(30)27-20-6-4-3-5-7-20/h3-13H,14-15H2,1-2H3,(H,27,30). The number of nitrogens with one attached hydrogen (secondary N) is 1. The van der Waals surface area contributed by atoms with Crippen molar-refractivity contribution in [2.75, 3.05) is 11.1 Å². The quantitative estimate of drug-likeness (QED) is 0.473. The van der Waals surface area contributed by atoms with Crippen LogP contribution in [0.3, 0.4) is 0 Å². The zero-order valence-corrected chi connectivity index (χ0v) is 18.9. The van der Waals surface area contributed by atoms with Gasteiger partial charge in [-0.2, -0.15) is 0 Å². The molecule has 4 nitrogen and oxygen atoms in total. The molecule has 1 aliphatic heterocycles. The minimum Gasteiger partial charge on any atom is -0.325 e. The van der Waals surface area contributed by atoms with Crippen LogP contribution in [0.15, 0.2) is 76.7 Å². The van der Waals surface area contributed by atoms with Crippen LogP contribution in [0.1, 0.15) is 23.1 Å². The average Bonchev–Trinajstić information content (AvgIpc) is 2.93. The first-order chi connectivity index (χ1) is 15.0. The number of fused-ring (bicyclic) bond motifs is 1. The van der Waals surface area contributed by atoms with E-state index in [0.717, 1.165) is 33.4 Å². The smallest absolute Gasteiger partial charge is 0.234 e. The van der Waals surface area contributed by atoms with Crippen molar-refractivity contribution in [2.24, 2.45) is 9.98 Å². The predicted octanol–water partition coefficient (Wildman–Crippen LogP) is 6.88. The second-order valence-electron chi connectivity index (χ2n) is 7.38. The topological polar surface area (TPSA) is 53.8 Å². The van der Waals surface area contributed by atoms with Gasteiger partial charge < -0.3 is 5.32 Å². The summed E-state index contributed by atoms with van der Waals surface area (Å²) in [7, 11) is 0. The number of aliphatic imine (C=N–C) groups is 2. The first kappa shape index (κ1) is 21.3. The summed E-state index contributed by atoms with van der Waals surface area (Å²) < 4.78 is 0. The van der Waals surface area contributed by atoms with Crippen LogP contribution in [0.5, 0.6) is 0 Å². The fourth-order valence-electron chi connectivity index (χ4n) is 3.23. The minimum absolute atomic E-state index is 0.0616. The van der Waals surface area contributed by atoms with Gasteiger partial charge in [-0.15, -0.1) is 11.8 Å². The molecule has 0 bridgehead atoms. The Bertz CT molecular complexity index is 1170. The van der Waals surface area contributed by atoms with E-state index >= 15 is 0 Å². The highest BCUT2D eigenvalue weighted by molar-refractivity contribution is 8.14. The van der Waals surface area contributed by atoms with Crippen LogP contribution in [0.4, 0.5) is 17.1 Å². The second kappa shape index (κ2) is 9.50. The molecule has 0 fully saturated rings. The lowest BCUT2D eigenvalue weighted by atomic mass is 10.1. The van der Waals surface area contributed by atoms with Gasteiger partial charge >= 0.3 is 0 Å². The van der Waals surface area contributed by atoms with E-state index in [1.807, 2.05) is 54.6 Å². The molecular weight excluding hydrogens is 426 g/mol. The van der Waals surface area contributed by atoms with Crippen LogP contribution in [-0.2, 0) is 4.79 Å². The van der Waals surface area contributed by atoms with E-state index in [2.05, 4.69) is 31.3 Å². The number of carbonyl (C=O) groups excluding carboxylic acids is 1. The molecule has 0 aromatic heterocycles. The number of rotatable bonds is 4. The van der Waals surface area contributed by atoms with Crippen LogP contribution in [0, 0.1) is 13.8 Å². The lowest BCUT2D eigenvalue weighted by Crippen LogP contribution is -2.16. The number of carbonyl (C=O) groups is 1. The molecule has 1 amide bonds. The highest BCUT2D eigenvalue weighted by atomic mass is 35.5. The minimum atomic E-state index is -0.0616. The van der Waals surface area contributed by atoms with Gasteiger partial charge in [0.15, 0.2) is 0 Å². The van der Waals surface area contributed by atoms with Crippen LogP contribution in [-0.4, -0.2) is 22.4 Å². The van der Waals surface area contributed by atoms with Crippen LogP contribution in [0.25, 0.3) is 0 Å². The first-order valence-corrected chi connectivity index (χ1v) is 11.3. The number of hydrogen-bond acceptors (Lipinski definition) is 4. The molecular formula is C25H22ClN3OS. The molecule has 3 aromatic carbocycles. The summed E-state index contributed by atoms with van der Waals surface area (Å²) in [5.74, 6) is 0.218. The van der Waals surface area contributed by atoms with E-state index < -0.39 is 0 Å². The van der Waals surface area contributed by atoms with Crippen molar-refractivity contribution in [1.29, 1.82) is 0 Å². The van der Waals surface area contributed by atoms with Crippen LogP contribution in [0.2, 0.25) is 5.02 Å². The van der Waals surface area contributed by atoms with E-state index in [1.165, 1.54) is 22.9 Å². The predicted molar refractivity (Wildman–Crippen MR) is 133 cm³/mol. The number of halogens is 1. The normalized spacial score (nSPS) is 13.0. The van der Waals surface area contributed by atoms with Gasteiger partial charge in [0, 0.05) is 17.1 Å².